The molecule has 0 aromatic heterocycles. The summed E-state index contributed by atoms with van der Waals surface area (Å²) in [7, 11) is 0. The number of hydrogen-bond acceptors (Lipinski definition) is 2. The normalized spacial score (nSPS) is 10.4. The zero-order valence-electron chi connectivity index (χ0n) is 8.86. The van der Waals surface area contributed by atoms with E-state index < -0.39 is 16.4 Å². The highest BCUT2D eigenvalue weighted by Gasteiger charge is 2.21. The molecule has 0 spiro atoms. The predicted molar refractivity (Wildman–Crippen MR) is 68.5 cm³/mol. The first-order valence-corrected chi connectivity index (χ1v) is 5.64. The topological polar surface area (TPSA) is 43.1 Å². The number of halogens is 3. The summed E-state index contributed by atoms with van der Waals surface area (Å²) < 4.78 is 13.5. The van der Waals surface area contributed by atoms with Crippen LogP contribution in [-0.2, 0) is 0 Å². The van der Waals surface area contributed by atoms with E-state index in [-0.39, 0.29) is 10.6 Å². The summed E-state index contributed by atoms with van der Waals surface area (Å²) in [6, 6.07) is 8.43. The van der Waals surface area contributed by atoms with Crippen LogP contribution in [0.4, 0.5) is 10.1 Å². The Morgan fingerprint density at radius 1 is 1.11 bits per heavy atom. The van der Waals surface area contributed by atoms with Crippen LogP contribution in [0.15, 0.2) is 36.4 Å². The minimum absolute atomic E-state index is 0.165. The molecule has 6 heteroatoms. The smallest absolute Gasteiger partial charge is 0.258 e. The van der Waals surface area contributed by atoms with E-state index in [0.717, 1.165) is 6.07 Å². The number of nitro benzene ring substituents is 1. The van der Waals surface area contributed by atoms with Gasteiger partial charge in [-0.2, -0.15) is 4.39 Å². The van der Waals surface area contributed by atoms with Gasteiger partial charge < -0.3 is 0 Å². The SMILES string of the molecule is O=[N+]([O-])c1c(F)cccc1-c1ccc(Cl)c(Cl)c1. The van der Waals surface area contributed by atoms with Crippen molar-refractivity contribution in [2.45, 2.75) is 0 Å². The molecule has 0 aliphatic heterocycles. The van der Waals surface area contributed by atoms with Crippen LogP contribution >= 0.6 is 23.2 Å². The molecule has 18 heavy (non-hydrogen) atoms. The van der Waals surface area contributed by atoms with Crippen LogP contribution in [0, 0.1) is 15.9 Å². The molecule has 0 heterocycles. The summed E-state index contributed by atoms with van der Waals surface area (Å²) in [5, 5.41) is 11.5. The van der Waals surface area contributed by atoms with E-state index in [2.05, 4.69) is 0 Å². The van der Waals surface area contributed by atoms with Crippen molar-refractivity contribution in [2.24, 2.45) is 0 Å². The first kappa shape index (κ1) is 12.8. The van der Waals surface area contributed by atoms with Crippen molar-refractivity contribution in [3.8, 4) is 11.1 Å². The maximum absolute atomic E-state index is 13.5. The zero-order chi connectivity index (χ0) is 13.3. The van der Waals surface area contributed by atoms with Gasteiger partial charge in [0.25, 0.3) is 0 Å². The molecular formula is C12H6Cl2FNO2. The Bertz CT molecular complexity index is 631. The van der Waals surface area contributed by atoms with Gasteiger partial charge in [0, 0.05) is 0 Å². The van der Waals surface area contributed by atoms with Gasteiger partial charge in [-0.1, -0.05) is 35.3 Å². The number of benzene rings is 2. The number of hydrogen-bond donors (Lipinski definition) is 0. The highest BCUT2D eigenvalue weighted by molar-refractivity contribution is 6.42. The minimum atomic E-state index is -0.886. The molecule has 0 amide bonds. The molecule has 92 valence electrons. The van der Waals surface area contributed by atoms with E-state index in [0.29, 0.717) is 10.6 Å². The average molecular weight is 286 g/mol. The lowest BCUT2D eigenvalue weighted by Crippen LogP contribution is -1.95. The van der Waals surface area contributed by atoms with Crippen LogP contribution in [0.25, 0.3) is 11.1 Å². The highest BCUT2D eigenvalue weighted by Crippen LogP contribution is 2.35. The Kier molecular flexibility index (Phi) is 3.50. The van der Waals surface area contributed by atoms with Crippen molar-refractivity contribution in [1.82, 2.24) is 0 Å². The second-order valence-corrected chi connectivity index (χ2v) is 4.34. The lowest BCUT2D eigenvalue weighted by molar-refractivity contribution is -0.386. The molecule has 0 unspecified atom stereocenters. The van der Waals surface area contributed by atoms with E-state index >= 15 is 0 Å². The summed E-state index contributed by atoms with van der Waals surface area (Å²) in [5.41, 5.74) is 0.0325. The standard InChI is InChI=1S/C12H6Cl2FNO2/c13-9-5-4-7(6-10(9)14)8-2-1-3-11(15)12(8)16(17)18/h1-6H. The Morgan fingerprint density at radius 2 is 1.83 bits per heavy atom. The van der Waals surface area contributed by atoms with Crippen molar-refractivity contribution >= 4 is 28.9 Å². The molecule has 0 radical (unpaired) electrons. The number of rotatable bonds is 2. The van der Waals surface area contributed by atoms with Gasteiger partial charge in [-0.3, -0.25) is 10.1 Å². The largest absolute Gasteiger partial charge is 0.312 e. The molecule has 2 aromatic carbocycles. The van der Waals surface area contributed by atoms with E-state index in [9.17, 15) is 14.5 Å². The fourth-order valence-corrected chi connectivity index (χ4v) is 1.90. The van der Waals surface area contributed by atoms with Crippen molar-refractivity contribution < 1.29 is 9.31 Å². The lowest BCUT2D eigenvalue weighted by atomic mass is 10.0. The van der Waals surface area contributed by atoms with E-state index in [4.69, 9.17) is 23.2 Å². The van der Waals surface area contributed by atoms with Crippen LogP contribution in [-0.4, -0.2) is 4.92 Å². The second kappa shape index (κ2) is 4.92. The molecule has 0 bridgehead atoms. The molecule has 2 rings (SSSR count). The Balaban J connectivity index is 2.67. The zero-order valence-corrected chi connectivity index (χ0v) is 10.4. The monoisotopic (exact) mass is 285 g/mol. The van der Waals surface area contributed by atoms with E-state index in [1.165, 1.54) is 24.3 Å². The fourth-order valence-electron chi connectivity index (χ4n) is 1.60. The first-order valence-electron chi connectivity index (χ1n) is 4.89. The first-order chi connectivity index (χ1) is 8.50. The molecule has 0 fully saturated rings. The van der Waals surface area contributed by atoms with Gasteiger partial charge >= 0.3 is 5.69 Å². The van der Waals surface area contributed by atoms with E-state index in [1.807, 2.05) is 0 Å². The van der Waals surface area contributed by atoms with Crippen molar-refractivity contribution in [3.05, 3.63) is 62.4 Å². The van der Waals surface area contributed by atoms with Gasteiger partial charge in [0.1, 0.15) is 0 Å². The molecular weight excluding hydrogens is 280 g/mol. The summed E-state index contributed by atoms with van der Waals surface area (Å²) in [6.45, 7) is 0. The minimum Gasteiger partial charge on any atom is -0.258 e. The maximum atomic E-state index is 13.5. The Morgan fingerprint density at radius 3 is 2.44 bits per heavy atom. The number of para-hydroxylation sites is 1. The molecule has 0 saturated heterocycles. The van der Waals surface area contributed by atoms with Gasteiger partial charge in [0.2, 0.25) is 5.82 Å². The summed E-state index contributed by atoms with van der Waals surface area (Å²) >= 11 is 11.6. The number of nitrogens with zero attached hydrogens (tertiary/aromatic N) is 1. The molecule has 0 atom stereocenters. The van der Waals surface area contributed by atoms with Gasteiger partial charge in [-0.15, -0.1) is 0 Å². The van der Waals surface area contributed by atoms with Gasteiger partial charge in [0.05, 0.1) is 20.5 Å². The van der Waals surface area contributed by atoms with Gasteiger partial charge in [0.15, 0.2) is 0 Å². The average Bonchev–Trinajstić information content (AvgIpc) is 2.32. The quantitative estimate of drug-likeness (QED) is 0.592. The van der Waals surface area contributed by atoms with Crippen LogP contribution in [0.3, 0.4) is 0 Å². The van der Waals surface area contributed by atoms with Crippen LogP contribution in [0.5, 0.6) is 0 Å². The molecule has 0 N–H and O–H groups in total. The molecule has 3 nitrogen and oxygen atoms in total. The summed E-state index contributed by atoms with van der Waals surface area (Å²) in [5.74, 6) is -0.886. The van der Waals surface area contributed by atoms with Crippen LogP contribution < -0.4 is 0 Å². The summed E-state index contributed by atoms with van der Waals surface area (Å²) in [4.78, 5) is 10.1. The van der Waals surface area contributed by atoms with Crippen molar-refractivity contribution in [3.63, 3.8) is 0 Å². The molecule has 0 aliphatic carbocycles. The van der Waals surface area contributed by atoms with Crippen LogP contribution in [0.2, 0.25) is 10.0 Å². The Labute approximate surface area is 112 Å². The maximum Gasteiger partial charge on any atom is 0.312 e. The van der Waals surface area contributed by atoms with Crippen molar-refractivity contribution in [1.29, 1.82) is 0 Å². The van der Waals surface area contributed by atoms with E-state index in [1.54, 1.807) is 6.07 Å². The molecule has 0 saturated carbocycles. The van der Waals surface area contributed by atoms with Gasteiger partial charge in [-0.05, 0) is 29.8 Å². The fraction of sp³-hybridized carbons (Fsp3) is 0. The van der Waals surface area contributed by atoms with Gasteiger partial charge in [-0.25, -0.2) is 0 Å². The summed E-state index contributed by atoms with van der Waals surface area (Å²) in [6.07, 6.45) is 0. The second-order valence-electron chi connectivity index (χ2n) is 3.52. The third-order valence-electron chi connectivity index (χ3n) is 2.40. The lowest BCUT2D eigenvalue weighted by Gasteiger charge is -2.05. The predicted octanol–water partition coefficient (Wildman–Crippen LogP) is 4.71. The highest BCUT2D eigenvalue weighted by atomic mass is 35.5. The third kappa shape index (κ3) is 2.30. The number of nitro groups is 1. The van der Waals surface area contributed by atoms with Crippen LogP contribution in [0.1, 0.15) is 0 Å². The molecule has 2 aromatic rings. The molecule has 0 aliphatic rings. The third-order valence-corrected chi connectivity index (χ3v) is 3.14. The Hall–Kier alpha value is -1.65. The van der Waals surface area contributed by atoms with Crippen molar-refractivity contribution in [2.75, 3.05) is 0 Å².